The van der Waals surface area contributed by atoms with Gasteiger partial charge >= 0.3 is 0 Å². The molecule has 0 aliphatic heterocycles. The van der Waals surface area contributed by atoms with Crippen molar-refractivity contribution < 1.29 is 9.59 Å². The quantitative estimate of drug-likeness (QED) is 0.708. The molecule has 150 valence electrons. The maximum atomic E-state index is 13.3. The fourth-order valence-corrected chi connectivity index (χ4v) is 3.38. The van der Waals surface area contributed by atoms with Crippen molar-refractivity contribution in [2.45, 2.75) is 59.2 Å². The van der Waals surface area contributed by atoms with Crippen LogP contribution in [0.5, 0.6) is 0 Å². The predicted octanol–water partition coefficient (Wildman–Crippen LogP) is 4.52. The van der Waals surface area contributed by atoms with E-state index in [1.54, 1.807) is 11.0 Å². The second-order valence-electron chi connectivity index (χ2n) is 7.30. The molecule has 0 bridgehead atoms. The van der Waals surface area contributed by atoms with E-state index in [0.717, 1.165) is 16.7 Å². The van der Waals surface area contributed by atoms with Gasteiger partial charge in [-0.3, -0.25) is 9.59 Å². The van der Waals surface area contributed by atoms with Gasteiger partial charge in [-0.25, -0.2) is 0 Å². The lowest BCUT2D eigenvalue weighted by Gasteiger charge is -2.31. The number of benzene rings is 2. The van der Waals surface area contributed by atoms with Crippen LogP contribution in [0.2, 0.25) is 5.02 Å². The maximum Gasteiger partial charge on any atom is 0.243 e. The Morgan fingerprint density at radius 2 is 1.64 bits per heavy atom. The molecular weight excluding hydrogens is 372 g/mol. The van der Waals surface area contributed by atoms with Gasteiger partial charge in [0.1, 0.15) is 6.04 Å². The lowest BCUT2D eigenvalue weighted by Crippen LogP contribution is -2.50. The van der Waals surface area contributed by atoms with Gasteiger partial charge in [-0.15, -0.1) is 0 Å². The van der Waals surface area contributed by atoms with Crippen molar-refractivity contribution in [3.05, 3.63) is 70.2 Å². The molecule has 2 amide bonds. The smallest absolute Gasteiger partial charge is 0.243 e. The Bertz CT molecular complexity index is 820. The minimum atomic E-state index is -0.546. The zero-order valence-corrected chi connectivity index (χ0v) is 17.8. The monoisotopic (exact) mass is 400 g/mol. The molecule has 0 saturated carbocycles. The SMILES string of the molecule is CC[C@H](C(=O)NC(C)C)N(Cc1ccccc1Cl)C(=O)Cc1ccccc1C. The van der Waals surface area contributed by atoms with Crippen LogP contribution in [0.25, 0.3) is 0 Å². The lowest BCUT2D eigenvalue weighted by atomic mass is 10.0. The molecule has 28 heavy (non-hydrogen) atoms. The summed E-state index contributed by atoms with van der Waals surface area (Å²) in [5, 5.41) is 3.53. The van der Waals surface area contributed by atoms with Crippen LogP contribution in [0.1, 0.15) is 43.9 Å². The summed E-state index contributed by atoms with van der Waals surface area (Å²) in [6, 6.07) is 14.7. The molecule has 0 spiro atoms. The van der Waals surface area contributed by atoms with E-state index in [4.69, 9.17) is 11.6 Å². The van der Waals surface area contributed by atoms with Crippen LogP contribution in [-0.4, -0.2) is 28.8 Å². The van der Waals surface area contributed by atoms with Gasteiger partial charge in [0, 0.05) is 17.6 Å². The van der Waals surface area contributed by atoms with Crippen LogP contribution in [0, 0.1) is 6.92 Å². The number of rotatable bonds is 8. The molecule has 1 N–H and O–H groups in total. The van der Waals surface area contributed by atoms with E-state index in [2.05, 4.69) is 5.32 Å². The van der Waals surface area contributed by atoms with Gasteiger partial charge in [0.25, 0.3) is 0 Å². The van der Waals surface area contributed by atoms with Crippen LogP contribution < -0.4 is 5.32 Å². The minimum absolute atomic E-state index is 0.00943. The number of hydrogen-bond acceptors (Lipinski definition) is 2. The first-order chi connectivity index (χ1) is 13.3. The standard InChI is InChI=1S/C23H29ClN2O2/c1-5-21(23(28)25-16(2)3)26(15-19-12-8-9-13-20(19)24)22(27)14-18-11-7-6-10-17(18)4/h6-13,16,21H,5,14-15H2,1-4H3,(H,25,28)/t21-/m1/s1. The fourth-order valence-electron chi connectivity index (χ4n) is 3.18. The molecule has 0 heterocycles. The van der Waals surface area contributed by atoms with Gasteiger partial charge in [-0.1, -0.05) is 61.0 Å². The number of hydrogen-bond donors (Lipinski definition) is 1. The van der Waals surface area contributed by atoms with E-state index in [-0.39, 0.29) is 24.3 Å². The summed E-state index contributed by atoms with van der Waals surface area (Å²) >= 11 is 6.33. The largest absolute Gasteiger partial charge is 0.352 e. The van der Waals surface area contributed by atoms with E-state index in [9.17, 15) is 9.59 Å². The number of halogens is 1. The highest BCUT2D eigenvalue weighted by Gasteiger charge is 2.29. The number of nitrogens with zero attached hydrogens (tertiary/aromatic N) is 1. The number of carbonyl (C=O) groups is 2. The van der Waals surface area contributed by atoms with E-state index >= 15 is 0 Å². The van der Waals surface area contributed by atoms with E-state index < -0.39 is 6.04 Å². The van der Waals surface area contributed by atoms with Gasteiger partial charge in [0.15, 0.2) is 0 Å². The van der Waals surface area contributed by atoms with Crippen LogP contribution in [0.15, 0.2) is 48.5 Å². The third-order valence-corrected chi connectivity index (χ3v) is 5.09. The Hall–Kier alpha value is -2.33. The first-order valence-electron chi connectivity index (χ1n) is 9.71. The van der Waals surface area contributed by atoms with Crippen LogP contribution in [-0.2, 0) is 22.6 Å². The summed E-state index contributed by atoms with van der Waals surface area (Å²) in [5.74, 6) is -0.220. The van der Waals surface area contributed by atoms with E-state index in [1.807, 2.05) is 70.2 Å². The Labute approximate surface area is 172 Å². The molecule has 2 rings (SSSR count). The van der Waals surface area contributed by atoms with Crippen molar-refractivity contribution >= 4 is 23.4 Å². The molecule has 0 saturated heterocycles. The minimum Gasteiger partial charge on any atom is -0.352 e. The second-order valence-corrected chi connectivity index (χ2v) is 7.71. The number of amides is 2. The summed E-state index contributed by atoms with van der Waals surface area (Å²) in [4.78, 5) is 27.7. The summed E-state index contributed by atoms with van der Waals surface area (Å²) in [7, 11) is 0. The predicted molar refractivity (Wildman–Crippen MR) is 114 cm³/mol. The van der Waals surface area contributed by atoms with Gasteiger partial charge in [-0.2, -0.15) is 0 Å². The molecule has 0 fully saturated rings. The van der Waals surface area contributed by atoms with Gasteiger partial charge < -0.3 is 10.2 Å². The summed E-state index contributed by atoms with van der Waals surface area (Å²) < 4.78 is 0. The Balaban J connectivity index is 2.33. The Morgan fingerprint density at radius 3 is 2.21 bits per heavy atom. The third-order valence-electron chi connectivity index (χ3n) is 4.72. The highest BCUT2D eigenvalue weighted by molar-refractivity contribution is 6.31. The molecule has 2 aromatic rings. The average molecular weight is 401 g/mol. The van der Waals surface area contributed by atoms with Gasteiger partial charge in [-0.05, 0) is 49.9 Å². The van der Waals surface area contributed by atoms with E-state index in [0.29, 0.717) is 18.0 Å². The van der Waals surface area contributed by atoms with Crippen LogP contribution in [0.3, 0.4) is 0 Å². The molecule has 0 unspecified atom stereocenters. The molecular formula is C23H29ClN2O2. The lowest BCUT2D eigenvalue weighted by molar-refractivity contribution is -0.141. The first kappa shape index (κ1) is 22.0. The highest BCUT2D eigenvalue weighted by Crippen LogP contribution is 2.21. The zero-order chi connectivity index (χ0) is 20.7. The molecule has 0 aliphatic carbocycles. The number of nitrogens with one attached hydrogen (secondary N) is 1. The number of aryl methyl sites for hydroxylation is 1. The second kappa shape index (κ2) is 10.3. The molecule has 4 nitrogen and oxygen atoms in total. The number of carbonyl (C=O) groups excluding carboxylic acids is 2. The third kappa shape index (κ3) is 5.83. The molecule has 5 heteroatoms. The molecule has 0 aliphatic rings. The zero-order valence-electron chi connectivity index (χ0n) is 17.0. The normalized spacial score (nSPS) is 11.9. The molecule has 2 aromatic carbocycles. The van der Waals surface area contributed by atoms with Crippen molar-refractivity contribution in [3.63, 3.8) is 0 Å². The molecule has 1 atom stereocenters. The van der Waals surface area contributed by atoms with Crippen molar-refractivity contribution in [2.75, 3.05) is 0 Å². The Morgan fingerprint density at radius 1 is 1.04 bits per heavy atom. The molecule has 0 radical (unpaired) electrons. The maximum absolute atomic E-state index is 13.3. The van der Waals surface area contributed by atoms with Crippen LogP contribution in [0.4, 0.5) is 0 Å². The first-order valence-corrected chi connectivity index (χ1v) is 10.1. The molecule has 0 aromatic heterocycles. The van der Waals surface area contributed by atoms with Crippen molar-refractivity contribution in [1.82, 2.24) is 10.2 Å². The fraction of sp³-hybridized carbons (Fsp3) is 0.391. The summed E-state index contributed by atoms with van der Waals surface area (Å²) in [6.45, 7) is 8.04. The topological polar surface area (TPSA) is 49.4 Å². The Kier molecular flexibility index (Phi) is 8.06. The van der Waals surface area contributed by atoms with Crippen molar-refractivity contribution in [3.8, 4) is 0 Å². The summed E-state index contributed by atoms with van der Waals surface area (Å²) in [5.41, 5.74) is 2.86. The van der Waals surface area contributed by atoms with Gasteiger partial charge in [0.2, 0.25) is 11.8 Å². The van der Waals surface area contributed by atoms with Crippen molar-refractivity contribution in [2.24, 2.45) is 0 Å². The highest BCUT2D eigenvalue weighted by atomic mass is 35.5. The van der Waals surface area contributed by atoms with Gasteiger partial charge in [0.05, 0.1) is 6.42 Å². The van der Waals surface area contributed by atoms with E-state index in [1.165, 1.54) is 0 Å². The average Bonchev–Trinajstić information content (AvgIpc) is 2.64. The van der Waals surface area contributed by atoms with Crippen LogP contribution >= 0.6 is 11.6 Å². The van der Waals surface area contributed by atoms with Crippen molar-refractivity contribution in [1.29, 1.82) is 0 Å². The summed E-state index contributed by atoms with van der Waals surface area (Å²) in [6.07, 6.45) is 0.783.